The number of hydrogen-bond acceptors (Lipinski definition) is 4. The van der Waals surface area contributed by atoms with Crippen molar-refractivity contribution in [3.05, 3.63) is 22.7 Å². The van der Waals surface area contributed by atoms with Crippen LogP contribution >= 0.6 is 15.9 Å². The second-order valence-electron chi connectivity index (χ2n) is 3.77. The molecule has 6 heteroatoms. The van der Waals surface area contributed by atoms with E-state index in [0.29, 0.717) is 5.82 Å². The Hall–Kier alpha value is -1.69. The van der Waals surface area contributed by atoms with Gasteiger partial charge in [-0.25, -0.2) is 0 Å². The smallest absolute Gasteiger partial charge is 0.231 e. The lowest BCUT2D eigenvalue weighted by atomic mass is 10.1. The van der Waals surface area contributed by atoms with Crippen LogP contribution in [0, 0.1) is 0 Å². The summed E-state index contributed by atoms with van der Waals surface area (Å²) in [4.78, 5) is 0. The number of nitrogen functional groups attached to an aromatic ring is 1. The van der Waals surface area contributed by atoms with Gasteiger partial charge in [-0.05, 0) is 28.1 Å². The van der Waals surface area contributed by atoms with Crippen molar-refractivity contribution in [2.75, 3.05) is 12.5 Å². The number of halogens is 1. The van der Waals surface area contributed by atoms with Crippen molar-refractivity contribution in [2.24, 2.45) is 7.05 Å². The van der Waals surface area contributed by atoms with Gasteiger partial charge in [-0.3, -0.25) is 4.68 Å². The first-order valence-corrected chi connectivity index (χ1v) is 5.83. The molecule has 5 nitrogen and oxygen atoms in total. The van der Waals surface area contributed by atoms with Gasteiger partial charge in [0.05, 0.1) is 10.2 Å². The fourth-order valence-electron chi connectivity index (χ4n) is 1.87. The Balaban J connectivity index is 2.16. The second kappa shape index (κ2) is 3.66. The van der Waals surface area contributed by atoms with Crippen molar-refractivity contribution in [3.8, 4) is 22.8 Å². The Labute approximate surface area is 106 Å². The van der Waals surface area contributed by atoms with E-state index in [4.69, 9.17) is 15.2 Å². The standard InChI is InChI=1S/C11H10BrN3O2/c1-15-8(4-10(13)14-15)6-2-7(12)11-9(3-6)16-5-17-11/h2-4H,5H2,1H3,(H2,13,14). The topological polar surface area (TPSA) is 62.3 Å². The third-order valence-electron chi connectivity index (χ3n) is 2.62. The maximum atomic E-state index is 5.67. The van der Waals surface area contributed by atoms with E-state index < -0.39 is 0 Å². The van der Waals surface area contributed by atoms with Crippen molar-refractivity contribution in [1.82, 2.24) is 9.78 Å². The first kappa shape index (κ1) is 10.5. The highest BCUT2D eigenvalue weighted by molar-refractivity contribution is 9.10. The third-order valence-corrected chi connectivity index (χ3v) is 3.21. The number of fused-ring (bicyclic) bond motifs is 1. The van der Waals surface area contributed by atoms with Crippen LogP contribution in [0.15, 0.2) is 22.7 Å². The highest BCUT2D eigenvalue weighted by Crippen LogP contribution is 2.42. The van der Waals surface area contributed by atoms with Gasteiger partial charge in [0, 0.05) is 18.7 Å². The number of rotatable bonds is 1. The molecule has 0 saturated heterocycles. The minimum absolute atomic E-state index is 0.255. The number of nitrogens with two attached hydrogens (primary N) is 1. The maximum Gasteiger partial charge on any atom is 0.231 e. The van der Waals surface area contributed by atoms with E-state index in [2.05, 4.69) is 21.0 Å². The van der Waals surface area contributed by atoms with E-state index >= 15 is 0 Å². The Morgan fingerprint density at radius 3 is 2.88 bits per heavy atom. The van der Waals surface area contributed by atoms with Gasteiger partial charge in [-0.2, -0.15) is 5.10 Å². The van der Waals surface area contributed by atoms with Gasteiger partial charge in [-0.1, -0.05) is 0 Å². The summed E-state index contributed by atoms with van der Waals surface area (Å²) < 4.78 is 13.3. The van der Waals surface area contributed by atoms with Gasteiger partial charge in [0.15, 0.2) is 11.5 Å². The molecule has 0 bridgehead atoms. The van der Waals surface area contributed by atoms with Crippen molar-refractivity contribution >= 4 is 21.7 Å². The molecule has 1 aromatic carbocycles. The molecule has 0 unspecified atom stereocenters. The molecule has 2 aromatic rings. The first-order chi connectivity index (χ1) is 8.15. The van der Waals surface area contributed by atoms with Gasteiger partial charge in [-0.15, -0.1) is 0 Å². The van der Waals surface area contributed by atoms with Crippen LogP contribution < -0.4 is 15.2 Å². The van der Waals surface area contributed by atoms with Crippen LogP contribution in [0.1, 0.15) is 0 Å². The Kier molecular flexibility index (Phi) is 2.25. The molecule has 0 amide bonds. The van der Waals surface area contributed by atoms with Crippen molar-refractivity contribution in [2.45, 2.75) is 0 Å². The lowest BCUT2D eigenvalue weighted by Crippen LogP contribution is -1.94. The fraction of sp³-hybridized carbons (Fsp3) is 0.182. The third kappa shape index (κ3) is 1.64. The summed E-state index contributed by atoms with van der Waals surface area (Å²) >= 11 is 3.46. The van der Waals surface area contributed by atoms with E-state index in [-0.39, 0.29) is 6.79 Å². The van der Waals surface area contributed by atoms with Crippen LogP contribution in [-0.2, 0) is 7.05 Å². The molecule has 1 aliphatic heterocycles. The van der Waals surface area contributed by atoms with E-state index in [1.807, 2.05) is 25.2 Å². The summed E-state index contributed by atoms with van der Waals surface area (Å²) in [6.07, 6.45) is 0. The molecule has 1 aliphatic rings. The highest BCUT2D eigenvalue weighted by atomic mass is 79.9. The van der Waals surface area contributed by atoms with Gasteiger partial charge in [0.1, 0.15) is 5.82 Å². The predicted molar refractivity (Wildman–Crippen MR) is 66.9 cm³/mol. The molecule has 17 heavy (non-hydrogen) atoms. The molecule has 0 fully saturated rings. The number of anilines is 1. The number of hydrogen-bond donors (Lipinski definition) is 1. The molecular formula is C11H10BrN3O2. The van der Waals surface area contributed by atoms with E-state index in [0.717, 1.165) is 27.2 Å². The van der Waals surface area contributed by atoms with Crippen LogP contribution in [0.3, 0.4) is 0 Å². The van der Waals surface area contributed by atoms with Crippen LogP contribution in [-0.4, -0.2) is 16.6 Å². The number of aryl methyl sites for hydroxylation is 1. The summed E-state index contributed by atoms with van der Waals surface area (Å²) in [7, 11) is 1.85. The van der Waals surface area contributed by atoms with Gasteiger partial charge in [0.2, 0.25) is 6.79 Å². The quantitative estimate of drug-likeness (QED) is 0.876. The minimum atomic E-state index is 0.255. The monoisotopic (exact) mass is 295 g/mol. The maximum absolute atomic E-state index is 5.67. The van der Waals surface area contributed by atoms with Crippen molar-refractivity contribution in [3.63, 3.8) is 0 Å². The van der Waals surface area contributed by atoms with Gasteiger partial charge < -0.3 is 15.2 Å². The number of benzene rings is 1. The Morgan fingerprint density at radius 1 is 1.35 bits per heavy atom. The zero-order valence-corrected chi connectivity index (χ0v) is 10.7. The Morgan fingerprint density at radius 2 is 2.18 bits per heavy atom. The van der Waals surface area contributed by atoms with Crippen molar-refractivity contribution < 1.29 is 9.47 Å². The summed E-state index contributed by atoms with van der Waals surface area (Å²) in [5.74, 6) is 1.97. The predicted octanol–water partition coefficient (Wildman–Crippen LogP) is 2.16. The lowest BCUT2D eigenvalue weighted by molar-refractivity contribution is 0.173. The SMILES string of the molecule is Cn1nc(N)cc1-c1cc(Br)c2c(c1)OCO2. The van der Waals surface area contributed by atoms with E-state index in [1.165, 1.54) is 0 Å². The molecule has 3 rings (SSSR count). The Bertz CT molecular complexity index is 595. The molecule has 1 aromatic heterocycles. The largest absolute Gasteiger partial charge is 0.454 e. The average Bonchev–Trinajstić information content (AvgIpc) is 2.84. The fourth-order valence-corrected chi connectivity index (χ4v) is 2.43. The molecular weight excluding hydrogens is 286 g/mol. The molecule has 0 atom stereocenters. The first-order valence-electron chi connectivity index (χ1n) is 5.04. The number of nitrogens with zero attached hydrogens (tertiary/aromatic N) is 2. The van der Waals surface area contributed by atoms with Gasteiger partial charge >= 0.3 is 0 Å². The van der Waals surface area contributed by atoms with Crippen LogP contribution in [0.5, 0.6) is 11.5 Å². The lowest BCUT2D eigenvalue weighted by Gasteiger charge is -2.05. The molecule has 0 aliphatic carbocycles. The summed E-state index contributed by atoms with van der Waals surface area (Å²) in [6, 6.07) is 5.71. The van der Waals surface area contributed by atoms with Crippen LogP contribution in [0.2, 0.25) is 0 Å². The molecule has 0 saturated carbocycles. The van der Waals surface area contributed by atoms with Crippen LogP contribution in [0.25, 0.3) is 11.3 Å². The second-order valence-corrected chi connectivity index (χ2v) is 4.62. The zero-order chi connectivity index (χ0) is 12.0. The number of ether oxygens (including phenoxy) is 2. The van der Waals surface area contributed by atoms with E-state index in [9.17, 15) is 0 Å². The molecule has 0 spiro atoms. The normalized spacial score (nSPS) is 13.1. The summed E-state index contributed by atoms with van der Waals surface area (Å²) in [5.41, 5.74) is 7.58. The highest BCUT2D eigenvalue weighted by Gasteiger charge is 2.19. The molecule has 2 heterocycles. The molecule has 0 radical (unpaired) electrons. The van der Waals surface area contributed by atoms with Crippen molar-refractivity contribution in [1.29, 1.82) is 0 Å². The average molecular weight is 296 g/mol. The van der Waals surface area contributed by atoms with Crippen LogP contribution in [0.4, 0.5) is 5.82 Å². The summed E-state index contributed by atoms with van der Waals surface area (Å²) in [6.45, 7) is 0.255. The van der Waals surface area contributed by atoms with Gasteiger partial charge in [0.25, 0.3) is 0 Å². The summed E-state index contributed by atoms with van der Waals surface area (Å²) in [5, 5.41) is 4.12. The minimum Gasteiger partial charge on any atom is -0.454 e. The van der Waals surface area contributed by atoms with E-state index in [1.54, 1.807) is 4.68 Å². The number of aromatic nitrogens is 2. The molecule has 88 valence electrons. The zero-order valence-electron chi connectivity index (χ0n) is 9.11. The molecule has 2 N–H and O–H groups in total.